The molecule has 0 saturated heterocycles. The van der Waals surface area contributed by atoms with Crippen molar-refractivity contribution in [3.63, 3.8) is 0 Å². The van der Waals surface area contributed by atoms with E-state index in [-0.39, 0.29) is 17.0 Å². The van der Waals surface area contributed by atoms with Gasteiger partial charge in [0.25, 0.3) is 0 Å². The first kappa shape index (κ1) is 18.4. The summed E-state index contributed by atoms with van der Waals surface area (Å²) < 4.78 is 13.1. The lowest BCUT2D eigenvalue weighted by Crippen LogP contribution is -2.39. The number of nitrogens with one attached hydrogen (secondary N) is 2. The number of amides is 1. The van der Waals surface area contributed by atoms with Crippen molar-refractivity contribution in [2.24, 2.45) is 0 Å². The number of hydrogen-bond acceptors (Lipinski definition) is 2. The average Bonchev–Trinajstić information content (AvgIpc) is 2.63. The minimum absolute atomic E-state index is 0.0101. The molecule has 0 unspecified atom stereocenters. The van der Waals surface area contributed by atoms with Crippen molar-refractivity contribution >= 4 is 34.0 Å². The zero-order valence-electron chi connectivity index (χ0n) is 14.6. The Morgan fingerprint density at radius 1 is 1.00 bits per heavy atom. The second-order valence-corrected chi connectivity index (χ2v) is 6.74. The summed E-state index contributed by atoms with van der Waals surface area (Å²) in [5.74, 6) is -0.671. The van der Waals surface area contributed by atoms with Crippen LogP contribution in [0, 0.1) is 5.82 Å². The van der Waals surface area contributed by atoms with Crippen molar-refractivity contribution in [2.45, 2.75) is 25.9 Å². The lowest BCUT2D eigenvalue weighted by Gasteiger charge is -2.20. The molecule has 5 heteroatoms. The molecule has 0 aliphatic carbocycles. The van der Waals surface area contributed by atoms with Gasteiger partial charge in [0.1, 0.15) is 5.82 Å². The van der Waals surface area contributed by atoms with E-state index in [1.807, 2.05) is 19.1 Å². The molecule has 0 aliphatic rings. The van der Waals surface area contributed by atoms with Crippen molar-refractivity contribution in [1.82, 2.24) is 5.32 Å². The fourth-order valence-corrected chi connectivity index (χ4v) is 3.07. The van der Waals surface area contributed by atoms with Crippen LogP contribution in [-0.4, -0.2) is 11.9 Å². The van der Waals surface area contributed by atoms with E-state index in [0.29, 0.717) is 5.69 Å². The first-order valence-corrected chi connectivity index (χ1v) is 8.82. The molecule has 0 aliphatic heterocycles. The van der Waals surface area contributed by atoms with Crippen LogP contribution < -0.4 is 10.6 Å². The molecule has 0 radical (unpaired) electrons. The van der Waals surface area contributed by atoms with Gasteiger partial charge in [-0.1, -0.05) is 48.0 Å². The first-order valence-electron chi connectivity index (χ1n) is 8.44. The van der Waals surface area contributed by atoms with E-state index >= 15 is 0 Å². The minimum Gasteiger partial charge on any atom is -0.323 e. The monoisotopic (exact) mass is 370 g/mol. The van der Waals surface area contributed by atoms with E-state index in [2.05, 4.69) is 41.0 Å². The Balaban J connectivity index is 1.67. The third kappa shape index (κ3) is 4.21. The molecule has 0 heterocycles. The van der Waals surface area contributed by atoms with Crippen LogP contribution in [0.1, 0.15) is 25.5 Å². The van der Waals surface area contributed by atoms with Gasteiger partial charge in [-0.05, 0) is 54.4 Å². The largest absolute Gasteiger partial charge is 0.323 e. The third-order valence-corrected chi connectivity index (χ3v) is 4.67. The van der Waals surface area contributed by atoms with Crippen molar-refractivity contribution in [3.05, 3.63) is 77.1 Å². The molecule has 2 N–H and O–H groups in total. The normalized spacial score (nSPS) is 13.4. The molecule has 1 amide bonds. The first-order chi connectivity index (χ1) is 12.4. The maximum absolute atomic E-state index is 13.1. The Hall–Kier alpha value is -2.43. The van der Waals surface area contributed by atoms with E-state index in [1.165, 1.54) is 23.6 Å². The molecule has 2 atom stereocenters. The van der Waals surface area contributed by atoms with Gasteiger partial charge in [-0.15, -0.1) is 0 Å². The maximum atomic E-state index is 13.1. The molecule has 3 aromatic rings. The molecule has 0 saturated carbocycles. The predicted octanol–water partition coefficient (Wildman–Crippen LogP) is 5.31. The Bertz CT molecular complexity index is 944. The van der Waals surface area contributed by atoms with Crippen LogP contribution in [0.15, 0.2) is 60.7 Å². The number of fused-ring (bicyclic) bond motifs is 1. The molecule has 0 fully saturated rings. The molecule has 134 valence electrons. The summed E-state index contributed by atoms with van der Waals surface area (Å²) in [6, 6.07) is 17.8. The topological polar surface area (TPSA) is 41.1 Å². The zero-order chi connectivity index (χ0) is 18.7. The van der Waals surface area contributed by atoms with Crippen LogP contribution in [0.2, 0.25) is 5.02 Å². The van der Waals surface area contributed by atoms with E-state index in [1.54, 1.807) is 6.92 Å². The minimum atomic E-state index is -0.447. The molecule has 3 rings (SSSR count). The number of benzene rings is 3. The molecule has 0 spiro atoms. The van der Waals surface area contributed by atoms with Crippen LogP contribution in [0.5, 0.6) is 0 Å². The second-order valence-electron chi connectivity index (χ2n) is 6.33. The summed E-state index contributed by atoms with van der Waals surface area (Å²) in [7, 11) is 0. The lowest BCUT2D eigenvalue weighted by atomic mass is 10.0. The summed E-state index contributed by atoms with van der Waals surface area (Å²) in [6.45, 7) is 3.79. The Kier molecular flexibility index (Phi) is 5.55. The molecular formula is C21H20ClFN2O. The van der Waals surface area contributed by atoms with Gasteiger partial charge in [0, 0.05) is 6.04 Å². The van der Waals surface area contributed by atoms with Crippen molar-refractivity contribution in [3.8, 4) is 0 Å². The maximum Gasteiger partial charge on any atom is 0.241 e. The number of hydrogen-bond donors (Lipinski definition) is 2. The summed E-state index contributed by atoms with van der Waals surface area (Å²) in [6.07, 6.45) is 0. The second kappa shape index (κ2) is 7.85. The number of rotatable bonds is 5. The third-order valence-electron chi connectivity index (χ3n) is 4.36. The fourth-order valence-electron chi connectivity index (χ4n) is 2.86. The van der Waals surface area contributed by atoms with Crippen molar-refractivity contribution in [1.29, 1.82) is 0 Å². The smallest absolute Gasteiger partial charge is 0.241 e. The van der Waals surface area contributed by atoms with Gasteiger partial charge in [0.15, 0.2) is 0 Å². The van der Waals surface area contributed by atoms with Gasteiger partial charge >= 0.3 is 0 Å². The zero-order valence-corrected chi connectivity index (χ0v) is 15.3. The molecule has 0 aromatic heterocycles. The predicted molar refractivity (Wildman–Crippen MR) is 105 cm³/mol. The molecule has 0 bridgehead atoms. The number of carbonyl (C=O) groups is 1. The van der Waals surface area contributed by atoms with Crippen LogP contribution in [0.3, 0.4) is 0 Å². The average molecular weight is 371 g/mol. The summed E-state index contributed by atoms with van der Waals surface area (Å²) in [5.41, 5.74) is 1.49. The van der Waals surface area contributed by atoms with Gasteiger partial charge in [-0.25, -0.2) is 4.39 Å². The molecular weight excluding hydrogens is 351 g/mol. The number of anilines is 1. The van der Waals surface area contributed by atoms with E-state index in [0.717, 1.165) is 10.9 Å². The summed E-state index contributed by atoms with van der Waals surface area (Å²) >= 11 is 5.96. The Labute approximate surface area is 157 Å². The van der Waals surface area contributed by atoms with Gasteiger partial charge in [-0.2, -0.15) is 0 Å². The quantitative estimate of drug-likeness (QED) is 0.639. The Morgan fingerprint density at radius 3 is 2.46 bits per heavy atom. The van der Waals surface area contributed by atoms with Gasteiger partial charge in [0.05, 0.1) is 16.8 Å². The van der Waals surface area contributed by atoms with Crippen LogP contribution in [-0.2, 0) is 4.79 Å². The molecule has 3 aromatic carbocycles. The number of halogens is 2. The summed E-state index contributed by atoms with van der Waals surface area (Å²) in [4.78, 5) is 12.4. The van der Waals surface area contributed by atoms with Crippen molar-refractivity contribution < 1.29 is 9.18 Å². The standard InChI is InChI=1S/C21H20ClFN2O/c1-13(16-8-7-15-5-3-4-6-17(15)11-16)24-14(2)21(26)25-20-10-9-18(23)12-19(20)22/h3-14,24H,1-2H3,(H,25,26)/t13-,14-/m0/s1. The van der Waals surface area contributed by atoms with Gasteiger partial charge in [0.2, 0.25) is 5.91 Å². The fraction of sp³-hybridized carbons (Fsp3) is 0.190. The number of carbonyl (C=O) groups excluding carboxylic acids is 1. The molecule has 26 heavy (non-hydrogen) atoms. The van der Waals surface area contributed by atoms with Crippen LogP contribution in [0.25, 0.3) is 10.8 Å². The highest BCUT2D eigenvalue weighted by Gasteiger charge is 2.17. The molecule has 3 nitrogen and oxygen atoms in total. The van der Waals surface area contributed by atoms with E-state index in [9.17, 15) is 9.18 Å². The van der Waals surface area contributed by atoms with Gasteiger partial charge < -0.3 is 5.32 Å². The summed E-state index contributed by atoms with van der Waals surface area (Å²) in [5, 5.41) is 8.52. The lowest BCUT2D eigenvalue weighted by molar-refractivity contribution is -0.117. The van der Waals surface area contributed by atoms with E-state index in [4.69, 9.17) is 11.6 Å². The highest BCUT2D eigenvalue weighted by Crippen LogP contribution is 2.23. The van der Waals surface area contributed by atoms with Crippen LogP contribution >= 0.6 is 11.6 Å². The van der Waals surface area contributed by atoms with E-state index < -0.39 is 11.9 Å². The SMILES string of the molecule is C[C@H](N[C@@H](C)c1ccc2ccccc2c1)C(=O)Nc1ccc(F)cc1Cl. The van der Waals surface area contributed by atoms with Crippen molar-refractivity contribution in [2.75, 3.05) is 5.32 Å². The van der Waals surface area contributed by atoms with Gasteiger partial charge in [-0.3, -0.25) is 10.1 Å². The Morgan fingerprint density at radius 2 is 1.73 bits per heavy atom. The highest BCUT2D eigenvalue weighted by atomic mass is 35.5. The highest BCUT2D eigenvalue weighted by molar-refractivity contribution is 6.33. The van der Waals surface area contributed by atoms with Crippen LogP contribution in [0.4, 0.5) is 10.1 Å².